The second-order valence-electron chi connectivity index (χ2n) is 9.32. The van der Waals surface area contributed by atoms with Crippen LogP contribution in [-0.2, 0) is 16.8 Å². The smallest absolute Gasteiger partial charge is 0.255 e. The summed E-state index contributed by atoms with van der Waals surface area (Å²) >= 11 is 0. The van der Waals surface area contributed by atoms with Crippen LogP contribution in [0.5, 0.6) is 17.2 Å². The third-order valence-corrected chi connectivity index (χ3v) is 7.23. The number of ether oxygens (including phenoxy) is 3. The summed E-state index contributed by atoms with van der Waals surface area (Å²) in [6, 6.07) is 28.2. The monoisotopic (exact) mass is 490 g/mol. The first-order valence-electron chi connectivity index (χ1n) is 12.1. The highest BCUT2D eigenvalue weighted by atomic mass is 16.7. The van der Waals surface area contributed by atoms with E-state index in [1.807, 2.05) is 78.9 Å². The maximum atomic E-state index is 14.1. The molecule has 3 heterocycles. The molecule has 182 valence electrons. The van der Waals surface area contributed by atoms with Gasteiger partial charge >= 0.3 is 0 Å². The number of para-hydroxylation sites is 2. The van der Waals surface area contributed by atoms with E-state index in [4.69, 9.17) is 14.2 Å². The number of nitrogens with zero attached hydrogens (tertiary/aromatic N) is 1. The van der Waals surface area contributed by atoms with Crippen molar-refractivity contribution in [3.63, 3.8) is 0 Å². The van der Waals surface area contributed by atoms with E-state index in [1.165, 1.54) is 0 Å². The molecule has 1 N–H and O–H groups in total. The van der Waals surface area contributed by atoms with Gasteiger partial charge < -0.3 is 24.4 Å². The molecule has 0 bridgehead atoms. The van der Waals surface area contributed by atoms with Crippen LogP contribution in [-0.4, -0.2) is 25.2 Å². The van der Waals surface area contributed by atoms with Crippen molar-refractivity contribution in [1.29, 1.82) is 0 Å². The summed E-state index contributed by atoms with van der Waals surface area (Å²) < 4.78 is 17.2. The number of nitrogens with one attached hydrogen (secondary N) is 1. The van der Waals surface area contributed by atoms with Crippen molar-refractivity contribution in [2.45, 2.75) is 12.0 Å². The van der Waals surface area contributed by atoms with Crippen molar-refractivity contribution in [1.82, 2.24) is 0 Å². The molecule has 1 unspecified atom stereocenters. The van der Waals surface area contributed by atoms with Crippen molar-refractivity contribution < 1.29 is 23.8 Å². The Labute approximate surface area is 213 Å². The minimum Gasteiger partial charge on any atom is -0.491 e. The van der Waals surface area contributed by atoms with Gasteiger partial charge in [-0.15, -0.1) is 0 Å². The third kappa shape index (κ3) is 3.27. The van der Waals surface area contributed by atoms with E-state index in [-0.39, 0.29) is 25.2 Å². The summed E-state index contributed by atoms with van der Waals surface area (Å²) in [5, 5.41) is 2.89. The number of rotatable bonds is 4. The molecule has 0 radical (unpaired) electrons. The van der Waals surface area contributed by atoms with Gasteiger partial charge in [-0.1, -0.05) is 48.5 Å². The fraction of sp³-hybridized carbons (Fsp3) is 0.133. The average molecular weight is 491 g/mol. The van der Waals surface area contributed by atoms with Gasteiger partial charge in [0.25, 0.3) is 5.91 Å². The lowest BCUT2D eigenvalue weighted by molar-refractivity contribution is -0.122. The van der Waals surface area contributed by atoms with E-state index in [9.17, 15) is 9.59 Å². The molecule has 7 nitrogen and oxygen atoms in total. The SMILES string of the molecule is O=C(Nc1ccccc1)c1ccc(CN2C(=O)C3(COc4cc5c(cc43)OCO5)c3ccccc32)cc1. The molecule has 0 aliphatic carbocycles. The Kier molecular flexibility index (Phi) is 4.72. The Balaban J connectivity index is 1.19. The maximum absolute atomic E-state index is 14.1. The second-order valence-corrected chi connectivity index (χ2v) is 9.32. The zero-order valence-corrected chi connectivity index (χ0v) is 19.8. The summed E-state index contributed by atoms with van der Waals surface area (Å²) in [5.41, 5.74) is 3.83. The highest BCUT2D eigenvalue weighted by Crippen LogP contribution is 2.55. The topological polar surface area (TPSA) is 77.1 Å². The van der Waals surface area contributed by atoms with Gasteiger partial charge in [-0.05, 0) is 47.5 Å². The van der Waals surface area contributed by atoms with E-state index in [1.54, 1.807) is 17.0 Å². The Morgan fingerprint density at radius 3 is 2.35 bits per heavy atom. The lowest BCUT2D eigenvalue weighted by Crippen LogP contribution is -2.42. The van der Waals surface area contributed by atoms with Crippen molar-refractivity contribution in [3.05, 3.63) is 113 Å². The second kappa shape index (κ2) is 8.13. The zero-order valence-electron chi connectivity index (χ0n) is 19.8. The highest BCUT2D eigenvalue weighted by Gasteiger charge is 2.57. The van der Waals surface area contributed by atoms with Crippen LogP contribution in [0.25, 0.3) is 0 Å². The molecule has 2 amide bonds. The Bertz CT molecular complexity index is 1550. The van der Waals surface area contributed by atoms with Crippen LogP contribution in [0, 0.1) is 0 Å². The lowest BCUT2D eigenvalue weighted by atomic mass is 9.77. The molecule has 0 saturated heterocycles. The Hall–Kier alpha value is -4.78. The van der Waals surface area contributed by atoms with Crippen LogP contribution in [0.1, 0.15) is 27.0 Å². The van der Waals surface area contributed by atoms with E-state index in [0.29, 0.717) is 29.4 Å². The minimum atomic E-state index is -0.942. The number of fused-ring (bicyclic) bond motifs is 5. The van der Waals surface area contributed by atoms with Crippen LogP contribution in [0.15, 0.2) is 91.0 Å². The molecule has 1 spiro atoms. The van der Waals surface area contributed by atoms with E-state index >= 15 is 0 Å². The normalized spacial score (nSPS) is 18.5. The summed E-state index contributed by atoms with van der Waals surface area (Å²) in [5.74, 6) is 1.66. The van der Waals surface area contributed by atoms with Gasteiger partial charge in [-0.3, -0.25) is 9.59 Å². The molecule has 3 aliphatic heterocycles. The summed E-state index contributed by atoms with van der Waals surface area (Å²) in [6.07, 6.45) is 0. The molecule has 0 fully saturated rings. The van der Waals surface area contributed by atoms with Crippen LogP contribution >= 0.6 is 0 Å². The predicted octanol–water partition coefficient (Wildman–Crippen LogP) is 4.89. The van der Waals surface area contributed by atoms with Crippen LogP contribution in [0.2, 0.25) is 0 Å². The number of hydrogen-bond acceptors (Lipinski definition) is 5. The minimum absolute atomic E-state index is 0.0442. The van der Waals surface area contributed by atoms with Gasteiger partial charge in [0, 0.05) is 28.6 Å². The van der Waals surface area contributed by atoms with Crippen LogP contribution in [0.4, 0.5) is 11.4 Å². The molecular formula is C30H22N2O5. The molecule has 37 heavy (non-hydrogen) atoms. The van der Waals surface area contributed by atoms with Gasteiger partial charge in [-0.2, -0.15) is 0 Å². The van der Waals surface area contributed by atoms with Crippen LogP contribution in [0.3, 0.4) is 0 Å². The van der Waals surface area contributed by atoms with E-state index < -0.39 is 5.41 Å². The van der Waals surface area contributed by atoms with Crippen molar-refractivity contribution in [2.75, 3.05) is 23.6 Å². The third-order valence-electron chi connectivity index (χ3n) is 7.23. The number of benzene rings is 4. The van der Waals surface area contributed by atoms with Gasteiger partial charge in [-0.25, -0.2) is 0 Å². The molecule has 0 saturated carbocycles. The molecular weight excluding hydrogens is 468 g/mol. The van der Waals surface area contributed by atoms with Crippen molar-refractivity contribution in [3.8, 4) is 17.2 Å². The Morgan fingerprint density at radius 1 is 0.811 bits per heavy atom. The van der Waals surface area contributed by atoms with Gasteiger partial charge in [0.05, 0.1) is 6.54 Å². The number of carbonyl (C=O) groups excluding carboxylic acids is 2. The first-order valence-corrected chi connectivity index (χ1v) is 12.1. The average Bonchev–Trinajstić information content (AvgIpc) is 3.61. The zero-order chi connectivity index (χ0) is 25.0. The largest absolute Gasteiger partial charge is 0.491 e. The van der Waals surface area contributed by atoms with E-state index in [2.05, 4.69) is 5.32 Å². The number of carbonyl (C=O) groups is 2. The lowest BCUT2D eigenvalue weighted by Gasteiger charge is -2.23. The molecule has 4 aromatic carbocycles. The van der Waals surface area contributed by atoms with E-state index in [0.717, 1.165) is 28.1 Å². The number of hydrogen-bond donors (Lipinski definition) is 1. The molecule has 0 aromatic heterocycles. The number of amides is 2. The molecule has 7 heteroatoms. The van der Waals surface area contributed by atoms with Crippen LogP contribution < -0.4 is 24.4 Å². The maximum Gasteiger partial charge on any atom is 0.255 e. The fourth-order valence-electron chi connectivity index (χ4n) is 5.39. The fourth-order valence-corrected chi connectivity index (χ4v) is 5.39. The summed E-state index contributed by atoms with van der Waals surface area (Å²) in [4.78, 5) is 28.6. The van der Waals surface area contributed by atoms with Crippen molar-refractivity contribution in [2.24, 2.45) is 0 Å². The predicted molar refractivity (Wildman–Crippen MR) is 137 cm³/mol. The Morgan fingerprint density at radius 2 is 1.54 bits per heavy atom. The standard InChI is InChI=1S/C30H22N2O5/c33-28(31-21-6-2-1-3-7-21)20-12-10-19(11-13-20)16-32-24-9-5-4-8-22(24)30(29(32)34)17-35-25-15-27-26(14-23(25)30)36-18-37-27/h1-15H,16-18H2,(H,31,33). The molecule has 3 aliphatic rings. The van der Waals surface area contributed by atoms with Gasteiger partial charge in [0.2, 0.25) is 12.7 Å². The molecule has 4 aromatic rings. The first-order chi connectivity index (χ1) is 18.1. The quantitative estimate of drug-likeness (QED) is 0.441. The van der Waals surface area contributed by atoms with Gasteiger partial charge in [0.1, 0.15) is 17.8 Å². The summed E-state index contributed by atoms with van der Waals surface area (Å²) in [7, 11) is 0. The highest BCUT2D eigenvalue weighted by molar-refractivity contribution is 6.11. The molecule has 7 rings (SSSR count). The first kappa shape index (κ1) is 21.5. The number of anilines is 2. The van der Waals surface area contributed by atoms with Gasteiger partial charge in [0.15, 0.2) is 11.5 Å². The molecule has 1 atom stereocenters. The van der Waals surface area contributed by atoms with Crippen molar-refractivity contribution >= 4 is 23.2 Å². The summed E-state index contributed by atoms with van der Waals surface area (Å²) in [6.45, 7) is 0.746.